The molecule has 5 rings (SSSR count). The number of nitrogens with zero attached hydrogens (tertiary/aromatic N) is 1. The molecule has 0 aromatic heterocycles. The fourth-order valence-electron chi connectivity index (χ4n) is 4.87. The molecule has 2 aliphatic heterocycles. The van der Waals surface area contributed by atoms with Crippen LogP contribution in [0, 0.1) is 0 Å². The van der Waals surface area contributed by atoms with Crippen LogP contribution in [0.25, 0.3) is 0 Å². The van der Waals surface area contributed by atoms with Gasteiger partial charge in [-0.25, -0.2) is 0 Å². The molecule has 0 bridgehead atoms. The lowest BCUT2D eigenvalue weighted by atomic mass is 9.88. The molecular formula is C28H37N3O3. The predicted octanol–water partition coefficient (Wildman–Crippen LogP) is 4.15. The number of amides is 3. The summed E-state index contributed by atoms with van der Waals surface area (Å²) < 4.78 is 0. The van der Waals surface area contributed by atoms with Crippen molar-refractivity contribution >= 4 is 17.7 Å². The van der Waals surface area contributed by atoms with Crippen LogP contribution in [0.2, 0.25) is 0 Å². The molecule has 2 aromatic rings. The largest absolute Gasteiger partial charge is 0.322 e. The van der Waals surface area contributed by atoms with Gasteiger partial charge in [0.2, 0.25) is 11.8 Å². The van der Waals surface area contributed by atoms with E-state index in [1.165, 1.54) is 11.1 Å². The Labute approximate surface area is 203 Å². The van der Waals surface area contributed by atoms with Crippen molar-refractivity contribution in [3.63, 3.8) is 0 Å². The first-order chi connectivity index (χ1) is 16.6. The van der Waals surface area contributed by atoms with E-state index in [4.69, 9.17) is 0 Å². The van der Waals surface area contributed by atoms with Crippen molar-refractivity contribution in [1.29, 1.82) is 0 Å². The van der Waals surface area contributed by atoms with Crippen molar-refractivity contribution in [2.45, 2.75) is 85.0 Å². The van der Waals surface area contributed by atoms with Crippen LogP contribution >= 0.6 is 0 Å². The van der Waals surface area contributed by atoms with Crippen molar-refractivity contribution in [1.82, 2.24) is 15.5 Å². The van der Waals surface area contributed by atoms with Gasteiger partial charge in [-0.05, 0) is 54.0 Å². The first-order valence-corrected chi connectivity index (χ1v) is 12.6. The monoisotopic (exact) mass is 463 g/mol. The van der Waals surface area contributed by atoms with E-state index in [1.54, 1.807) is 4.90 Å². The molecule has 6 heteroatoms. The Balaban J connectivity index is 0.000000771. The quantitative estimate of drug-likeness (QED) is 0.668. The summed E-state index contributed by atoms with van der Waals surface area (Å²) in [6, 6.07) is 14.5. The lowest BCUT2D eigenvalue weighted by Gasteiger charge is -2.29. The molecule has 3 aliphatic rings. The highest BCUT2D eigenvalue weighted by molar-refractivity contribution is 6.05. The molecular weight excluding hydrogens is 426 g/mol. The summed E-state index contributed by atoms with van der Waals surface area (Å²) >= 11 is 0. The van der Waals surface area contributed by atoms with Crippen LogP contribution in [-0.2, 0) is 35.5 Å². The highest BCUT2D eigenvalue weighted by Crippen LogP contribution is 2.28. The van der Waals surface area contributed by atoms with Crippen LogP contribution in [0.4, 0.5) is 0 Å². The predicted molar refractivity (Wildman–Crippen MR) is 134 cm³/mol. The van der Waals surface area contributed by atoms with Crippen LogP contribution in [0.15, 0.2) is 42.5 Å². The average molecular weight is 464 g/mol. The SMILES string of the molecule is CC.CC.O=C1CCC(N2Cc3cc(CNC4CCc5ccccc5C4)ccc3C2=O)C(=O)N1. The molecule has 182 valence electrons. The Morgan fingerprint density at radius 2 is 1.65 bits per heavy atom. The summed E-state index contributed by atoms with van der Waals surface area (Å²) in [6.07, 6.45) is 3.94. The number of carbonyl (C=O) groups excluding carboxylic acids is 3. The van der Waals surface area contributed by atoms with E-state index < -0.39 is 6.04 Å². The normalized spacial score (nSPS) is 20.8. The third-order valence-corrected chi connectivity index (χ3v) is 6.53. The number of benzene rings is 2. The molecule has 6 nitrogen and oxygen atoms in total. The van der Waals surface area contributed by atoms with Gasteiger partial charge in [-0.2, -0.15) is 0 Å². The van der Waals surface area contributed by atoms with Gasteiger partial charge in [0, 0.05) is 31.1 Å². The number of piperidine rings is 1. The van der Waals surface area contributed by atoms with Crippen LogP contribution in [-0.4, -0.2) is 34.7 Å². The lowest BCUT2D eigenvalue weighted by molar-refractivity contribution is -0.136. The first-order valence-electron chi connectivity index (χ1n) is 12.6. The minimum absolute atomic E-state index is 0.122. The van der Waals surface area contributed by atoms with E-state index in [0.717, 1.165) is 36.9 Å². The Morgan fingerprint density at radius 1 is 0.912 bits per heavy atom. The number of aryl methyl sites for hydroxylation is 1. The fourth-order valence-corrected chi connectivity index (χ4v) is 4.87. The standard InChI is InChI=1S/C24H25N3O3.2C2H6/c28-22-10-9-21(23(29)26-22)27-14-18-11-15(5-8-20(18)24(27)30)13-25-19-7-6-16-3-1-2-4-17(16)12-19;2*1-2/h1-5,8,11,19,21,25H,6-7,9-10,12-14H2,(H,26,28,29);2*1-2H3. The summed E-state index contributed by atoms with van der Waals surface area (Å²) in [5.74, 6) is -0.756. The maximum Gasteiger partial charge on any atom is 0.255 e. The smallest absolute Gasteiger partial charge is 0.255 e. The first kappa shape index (κ1) is 25.6. The summed E-state index contributed by atoms with van der Waals surface area (Å²) in [4.78, 5) is 38.0. The van der Waals surface area contributed by atoms with Crippen molar-refractivity contribution in [2.24, 2.45) is 0 Å². The second kappa shape index (κ2) is 11.9. The highest BCUT2D eigenvalue weighted by atomic mass is 16.2. The number of hydrogen-bond donors (Lipinski definition) is 2. The van der Waals surface area contributed by atoms with Crippen molar-refractivity contribution in [3.05, 3.63) is 70.3 Å². The zero-order valence-corrected chi connectivity index (χ0v) is 20.8. The van der Waals surface area contributed by atoms with Gasteiger partial charge in [0.05, 0.1) is 0 Å². The minimum atomic E-state index is -0.563. The van der Waals surface area contributed by atoms with Crippen LogP contribution in [0.1, 0.15) is 79.6 Å². The van der Waals surface area contributed by atoms with Gasteiger partial charge in [-0.1, -0.05) is 64.1 Å². The molecule has 0 spiro atoms. The van der Waals surface area contributed by atoms with Gasteiger partial charge in [0.25, 0.3) is 5.91 Å². The maximum atomic E-state index is 12.8. The van der Waals surface area contributed by atoms with Crippen molar-refractivity contribution in [2.75, 3.05) is 0 Å². The molecule has 2 heterocycles. The summed E-state index contributed by atoms with van der Waals surface area (Å²) in [5, 5.41) is 6.01. The van der Waals surface area contributed by atoms with Gasteiger partial charge in [0.15, 0.2) is 0 Å². The van der Waals surface area contributed by atoms with Gasteiger partial charge in [-0.15, -0.1) is 0 Å². The Morgan fingerprint density at radius 3 is 2.38 bits per heavy atom. The number of imide groups is 1. The number of carbonyl (C=O) groups is 3. The molecule has 2 atom stereocenters. The molecule has 2 N–H and O–H groups in total. The fraction of sp³-hybridized carbons (Fsp3) is 0.464. The molecule has 1 fully saturated rings. The van der Waals surface area contributed by atoms with Crippen LogP contribution in [0.3, 0.4) is 0 Å². The molecule has 2 unspecified atom stereocenters. The maximum absolute atomic E-state index is 12.8. The Bertz CT molecular complexity index is 1030. The van der Waals surface area contributed by atoms with E-state index in [2.05, 4.69) is 41.0 Å². The average Bonchev–Trinajstić information content (AvgIpc) is 3.20. The molecule has 34 heavy (non-hydrogen) atoms. The third-order valence-electron chi connectivity index (χ3n) is 6.53. The molecule has 0 radical (unpaired) electrons. The molecule has 3 amide bonds. The zero-order chi connectivity index (χ0) is 24.7. The second-order valence-corrected chi connectivity index (χ2v) is 8.48. The second-order valence-electron chi connectivity index (χ2n) is 8.48. The van der Waals surface area contributed by atoms with Crippen molar-refractivity contribution in [3.8, 4) is 0 Å². The van der Waals surface area contributed by atoms with E-state index >= 15 is 0 Å². The summed E-state index contributed by atoms with van der Waals surface area (Å²) in [5.41, 5.74) is 5.65. The van der Waals surface area contributed by atoms with E-state index in [1.807, 2.05) is 39.8 Å². The molecule has 2 aromatic carbocycles. The molecule has 1 saturated heterocycles. The van der Waals surface area contributed by atoms with E-state index in [9.17, 15) is 14.4 Å². The zero-order valence-electron chi connectivity index (χ0n) is 20.8. The minimum Gasteiger partial charge on any atom is -0.322 e. The Hall–Kier alpha value is -2.99. The topological polar surface area (TPSA) is 78.5 Å². The van der Waals surface area contributed by atoms with Crippen molar-refractivity contribution < 1.29 is 14.4 Å². The van der Waals surface area contributed by atoms with Gasteiger partial charge in [-0.3, -0.25) is 19.7 Å². The van der Waals surface area contributed by atoms with E-state index in [0.29, 0.717) is 24.6 Å². The lowest BCUT2D eigenvalue weighted by Crippen LogP contribution is -2.52. The van der Waals surface area contributed by atoms with Gasteiger partial charge in [0.1, 0.15) is 6.04 Å². The number of hydrogen-bond acceptors (Lipinski definition) is 4. The molecule has 0 saturated carbocycles. The van der Waals surface area contributed by atoms with E-state index in [-0.39, 0.29) is 24.1 Å². The summed E-state index contributed by atoms with van der Waals surface area (Å²) in [7, 11) is 0. The van der Waals surface area contributed by atoms with Crippen LogP contribution < -0.4 is 10.6 Å². The number of fused-ring (bicyclic) bond motifs is 2. The number of rotatable bonds is 4. The highest BCUT2D eigenvalue weighted by Gasteiger charge is 2.39. The Kier molecular flexibility index (Phi) is 8.99. The molecule has 1 aliphatic carbocycles. The van der Waals surface area contributed by atoms with Crippen LogP contribution in [0.5, 0.6) is 0 Å². The van der Waals surface area contributed by atoms with Gasteiger partial charge >= 0.3 is 0 Å². The summed E-state index contributed by atoms with van der Waals surface area (Å²) in [6.45, 7) is 9.18. The number of nitrogens with one attached hydrogen (secondary N) is 2. The van der Waals surface area contributed by atoms with Gasteiger partial charge < -0.3 is 10.2 Å². The third kappa shape index (κ3) is 5.55.